The molecule has 32 heavy (non-hydrogen) atoms. The number of piperidine rings is 2. The third kappa shape index (κ3) is 4.27. The van der Waals surface area contributed by atoms with Crippen LogP contribution in [0, 0.1) is 5.92 Å². The maximum absolute atomic E-state index is 13.2. The van der Waals surface area contributed by atoms with Crippen LogP contribution in [0.5, 0.6) is 0 Å². The summed E-state index contributed by atoms with van der Waals surface area (Å²) in [6, 6.07) is 1.65. The van der Waals surface area contributed by atoms with Crippen molar-refractivity contribution in [2.24, 2.45) is 5.92 Å². The first-order valence-corrected chi connectivity index (χ1v) is 12.0. The van der Waals surface area contributed by atoms with Gasteiger partial charge in [-0.25, -0.2) is 4.79 Å². The molecule has 4 rings (SSSR count). The van der Waals surface area contributed by atoms with Gasteiger partial charge in [-0.2, -0.15) is 5.10 Å². The Morgan fingerprint density at radius 2 is 1.88 bits per heavy atom. The average Bonchev–Trinajstić information content (AvgIpc) is 3.36. The number of carbonyl (C=O) groups excluding carboxylic acids is 3. The molecule has 0 atom stereocenters. The third-order valence-electron chi connectivity index (χ3n) is 7.22. The summed E-state index contributed by atoms with van der Waals surface area (Å²) in [5, 5.41) is 7.29. The lowest BCUT2D eigenvalue weighted by Crippen LogP contribution is -2.55. The van der Waals surface area contributed by atoms with Crippen molar-refractivity contribution in [3.8, 4) is 0 Å². The summed E-state index contributed by atoms with van der Waals surface area (Å²) >= 11 is 0. The summed E-state index contributed by atoms with van der Waals surface area (Å²) in [5.41, 5.74) is -0.100. The fraction of sp³-hybridized carbons (Fsp3) is 0.739. The van der Waals surface area contributed by atoms with Crippen molar-refractivity contribution in [2.75, 3.05) is 39.3 Å². The molecule has 4 amide bonds. The number of hydrogen-bond donors (Lipinski definition) is 1. The van der Waals surface area contributed by atoms with Crippen LogP contribution < -0.4 is 5.32 Å². The van der Waals surface area contributed by atoms with Crippen LogP contribution in [-0.4, -0.2) is 87.1 Å². The molecular weight excluding hydrogens is 408 g/mol. The lowest BCUT2D eigenvalue weighted by atomic mass is 9.87. The van der Waals surface area contributed by atoms with Gasteiger partial charge >= 0.3 is 6.03 Å². The molecule has 3 aliphatic rings. The second-order valence-corrected chi connectivity index (χ2v) is 9.76. The van der Waals surface area contributed by atoms with Gasteiger partial charge in [0.05, 0.1) is 0 Å². The summed E-state index contributed by atoms with van der Waals surface area (Å²) < 4.78 is 1.76. The first-order chi connectivity index (χ1) is 15.3. The predicted octanol–water partition coefficient (Wildman–Crippen LogP) is 2.11. The molecule has 0 unspecified atom stereocenters. The topological polar surface area (TPSA) is 90.8 Å². The molecule has 3 fully saturated rings. The highest BCUT2D eigenvalue weighted by molar-refractivity contribution is 6.07. The van der Waals surface area contributed by atoms with Crippen LogP contribution in [0.2, 0.25) is 0 Å². The highest BCUT2D eigenvalue weighted by Crippen LogP contribution is 2.31. The Bertz CT molecular complexity index is 850. The minimum absolute atomic E-state index is 0.00225. The number of nitrogens with zero attached hydrogens (tertiary/aromatic N) is 5. The van der Waals surface area contributed by atoms with Gasteiger partial charge in [-0.15, -0.1) is 0 Å². The van der Waals surface area contributed by atoms with E-state index in [0.717, 1.165) is 38.9 Å². The summed E-state index contributed by atoms with van der Waals surface area (Å²) in [6.45, 7) is 10.6. The standard InChI is InChI=1S/C23H36N6O3/c1-4-11-26-14-8-23(9-15-26)21(31)28(22(32)25-23)16-18-6-12-27(13-7-18)20(30)19-5-10-24-29(19)17(2)3/h5,10,17-18H,4,6-9,11-16H2,1-3H3,(H,25,32). The van der Waals surface area contributed by atoms with E-state index in [4.69, 9.17) is 0 Å². The van der Waals surface area contributed by atoms with Crippen LogP contribution in [0.25, 0.3) is 0 Å². The SMILES string of the molecule is CCCN1CCC2(CC1)NC(=O)N(CC1CCN(C(=O)c3ccnn3C(C)C)CC1)C2=O. The minimum atomic E-state index is -0.715. The quantitative estimate of drug-likeness (QED) is 0.679. The Kier molecular flexibility index (Phi) is 6.55. The number of aromatic nitrogens is 2. The van der Waals surface area contributed by atoms with Crippen molar-refractivity contribution in [3.63, 3.8) is 0 Å². The van der Waals surface area contributed by atoms with Gasteiger partial charge in [0.15, 0.2) is 0 Å². The monoisotopic (exact) mass is 444 g/mol. The van der Waals surface area contributed by atoms with Crippen LogP contribution in [0.4, 0.5) is 4.79 Å². The van der Waals surface area contributed by atoms with Crippen molar-refractivity contribution < 1.29 is 14.4 Å². The Hall–Kier alpha value is -2.42. The van der Waals surface area contributed by atoms with E-state index in [1.807, 2.05) is 18.7 Å². The smallest absolute Gasteiger partial charge is 0.325 e. The molecule has 9 heteroatoms. The summed E-state index contributed by atoms with van der Waals surface area (Å²) in [6.07, 6.45) is 5.71. The van der Waals surface area contributed by atoms with E-state index >= 15 is 0 Å². The molecule has 4 heterocycles. The van der Waals surface area contributed by atoms with Gasteiger partial charge < -0.3 is 15.1 Å². The molecule has 1 N–H and O–H groups in total. The summed E-state index contributed by atoms with van der Waals surface area (Å²) in [7, 11) is 0. The second kappa shape index (κ2) is 9.21. The van der Waals surface area contributed by atoms with Gasteiger partial charge in [0, 0.05) is 45.0 Å². The van der Waals surface area contributed by atoms with Gasteiger partial charge in [-0.1, -0.05) is 6.92 Å². The highest BCUT2D eigenvalue weighted by atomic mass is 16.2. The molecule has 0 bridgehead atoms. The van der Waals surface area contributed by atoms with Gasteiger partial charge in [0.2, 0.25) is 0 Å². The first-order valence-electron chi connectivity index (χ1n) is 12.0. The number of nitrogens with one attached hydrogen (secondary N) is 1. The molecule has 3 saturated heterocycles. The van der Waals surface area contributed by atoms with Crippen molar-refractivity contribution in [2.45, 2.75) is 64.5 Å². The lowest BCUT2D eigenvalue weighted by molar-refractivity contribution is -0.133. The Balaban J connectivity index is 1.31. The summed E-state index contributed by atoms with van der Waals surface area (Å²) in [4.78, 5) is 44.5. The van der Waals surface area contributed by atoms with E-state index in [9.17, 15) is 14.4 Å². The molecular formula is C23H36N6O3. The van der Waals surface area contributed by atoms with Gasteiger partial charge in [-0.05, 0) is 64.5 Å². The molecule has 0 radical (unpaired) electrons. The van der Waals surface area contributed by atoms with E-state index in [-0.39, 0.29) is 29.8 Å². The number of hydrogen-bond acceptors (Lipinski definition) is 5. The zero-order valence-corrected chi connectivity index (χ0v) is 19.5. The highest BCUT2D eigenvalue weighted by Gasteiger charge is 2.52. The maximum Gasteiger partial charge on any atom is 0.325 e. The number of amides is 4. The average molecular weight is 445 g/mol. The van der Waals surface area contributed by atoms with Crippen molar-refractivity contribution in [3.05, 3.63) is 18.0 Å². The number of imide groups is 1. The van der Waals surface area contributed by atoms with E-state index < -0.39 is 5.54 Å². The van der Waals surface area contributed by atoms with E-state index in [2.05, 4.69) is 22.2 Å². The molecule has 176 valence electrons. The fourth-order valence-corrected chi connectivity index (χ4v) is 5.29. The Morgan fingerprint density at radius 1 is 1.19 bits per heavy atom. The molecule has 1 spiro atoms. The minimum Gasteiger partial charge on any atom is -0.337 e. The molecule has 1 aromatic rings. The molecule has 1 aromatic heterocycles. The van der Waals surface area contributed by atoms with Crippen LogP contribution in [0.15, 0.2) is 12.3 Å². The normalized spacial score (nSPS) is 22.2. The molecule has 9 nitrogen and oxygen atoms in total. The fourth-order valence-electron chi connectivity index (χ4n) is 5.29. The molecule has 3 aliphatic heterocycles. The maximum atomic E-state index is 13.2. The van der Waals surface area contributed by atoms with Crippen LogP contribution in [0.1, 0.15) is 69.4 Å². The van der Waals surface area contributed by atoms with E-state index in [0.29, 0.717) is 38.2 Å². The van der Waals surface area contributed by atoms with Crippen LogP contribution >= 0.6 is 0 Å². The van der Waals surface area contributed by atoms with Crippen molar-refractivity contribution >= 4 is 17.8 Å². The third-order valence-corrected chi connectivity index (χ3v) is 7.22. The van der Waals surface area contributed by atoms with Crippen molar-refractivity contribution in [1.29, 1.82) is 0 Å². The van der Waals surface area contributed by atoms with Gasteiger partial charge in [0.1, 0.15) is 11.2 Å². The zero-order valence-electron chi connectivity index (χ0n) is 19.5. The molecule has 0 aliphatic carbocycles. The number of rotatable bonds is 6. The second-order valence-electron chi connectivity index (χ2n) is 9.76. The largest absolute Gasteiger partial charge is 0.337 e. The summed E-state index contributed by atoms with van der Waals surface area (Å²) in [5.74, 6) is 0.166. The van der Waals surface area contributed by atoms with E-state index in [1.165, 1.54) is 4.90 Å². The first kappa shape index (κ1) is 22.8. The number of carbonyl (C=O) groups is 3. The predicted molar refractivity (Wildman–Crippen MR) is 120 cm³/mol. The molecule has 0 saturated carbocycles. The van der Waals surface area contributed by atoms with Crippen LogP contribution in [0.3, 0.4) is 0 Å². The Labute approximate surface area is 190 Å². The van der Waals surface area contributed by atoms with Gasteiger partial charge in [-0.3, -0.25) is 19.2 Å². The Morgan fingerprint density at radius 3 is 2.50 bits per heavy atom. The lowest BCUT2D eigenvalue weighted by Gasteiger charge is -2.37. The number of likely N-dealkylation sites (tertiary alicyclic amines) is 2. The zero-order chi connectivity index (χ0) is 22.9. The van der Waals surface area contributed by atoms with Crippen LogP contribution in [-0.2, 0) is 4.79 Å². The molecule has 0 aromatic carbocycles. The number of urea groups is 1. The van der Waals surface area contributed by atoms with Gasteiger partial charge in [0.25, 0.3) is 11.8 Å². The van der Waals surface area contributed by atoms with Crippen molar-refractivity contribution in [1.82, 2.24) is 29.8 Å². The van der Waals surface area contributed by atoms with E-state index in [1.54, 1.807) is 16.9 Å².